The van der Waals surface area contributed by atoms with Crippen molar-refractivity contribution in [3.8, 4) is 0 Å². The molecular formula is C15H29N3O6S. The van der Waals surface area contributed by atoms with E-state index in [2.05, 4.69) is 5.32 Å². The molecule has 1 saturated heterocycles. The van der Waals surface area contributed by atoms with Gasteiger partial charge in [-0.05, 0) is 19.8 Å². The van der Waals surface area contributed by atoms with Crippen LogP contribution in [0.1, 0.15) is 26.2 Å². The molecule has 0 spiro atoms. The summed E-state index contributed by atoms with van der Waals surface area (Å²) in [6.07, 6.45) is 2.20. The number of amides is 2. The number of carbonyl (C=O) groups is 2. The minimum absolute atomic E-state index is 0.0103. The first kappa shape index (κ1) is 21.7. The van der Waals surface area contributed by atoms with Crippen molar-refractivity contribution in [3.63, 3.8) is 0 Å². The summed E-state index contributed by atoms with van der Waals surface area (Å²) in [7, 11) is -1.88. The predicted octanol–water partition coefficient (Wildman–Crippen LogP) is 0.0216. The van der Waals surface area contributed by atoms with Crippen LogP contribution in [0.2, 0.25) is 0 Å². The second-order valence-electron chi connectivity index (χ2n) is 5.93. The Kier molecular flexibility index (Phi) is 9.15. The van der Waals surface area contributed by atoms with E-state index in [1.54, 1.807) is 11.8 Å². The number of likely N-dealkylation sites (tertiary alicyclic amines) is 1. The Labute approximate surface area is 149 Å². The molecule has 1 heterocycles. The summed E-state index contributed by atoms with van der Waals surface area (Å²) in [6, 6.07) is -0.0103. The highest BCUT2D eigenvalue weighted by Gasteiger charge is 2.25. The fourth-order valence-corrected chi connectivity index (χ4v) is 3.41. The van der Waals surface area contributed by atoms with E-state index in [4.69, 9.17) is 9.47 Å². The zero-order valence-electron chi connectivity index (χ0n) is 15.2. The van der Waals surface area contributed by atoms with Gasteiger partial charge in [0.2, 0.25) is 15.9 Å². The van der Waals surface area contributed by atoms with E-state index in [1.165, 1.54) is 11.4 Å². The van der Waals surface area contributed by atoms with Gasteiger partial charge in [-0.1, -0.05) is 0 Å². The van der Waals surface area contributed by atoms with Crippen LogP contribution in [-0.4, -0.2) is 88.4 Å². The zero-order valence-corrected chi connectivity index (χ0v) is 16.0. The van der Waals surface area contributed by atoms with Gasteiger partial charge in [0, 0.05) is 45.8 Å². The number of hydrogen-bond acceptors (Lipinski definition) is 6. The number of hydrogen-bond donors (Lipinski definition) is 1. The minimum Gasteiger partial charge on any atom is -0.450 e. The van der Waals surface area contributed by atoms with Crippen molar-refractivity contribution in [2.75, 3.05) is 52.8 Å². The Morgan fingerprint density at radius 1 is 1.24 bits per heavy atom. The molecule has 0 atom stereocenters. The summed E-state index contributed by atoms with van der Waals surface area (Å²) in [5.74, 6) is -0.194. The van der Waals surface area contributed by atoms with Crippen LogP contribution in [0.5, 0.6) is 0 Å². The molecular weight excluding hydrogens is 350 g/mol. The molecule has 0 radical (unpaired) electrons. The van der Waals surface area contributed by atoms with Crippen molar-refractivity contribution in [3.05, 3.63) is 0 Å². The van der Waals surface area contributed by atoms with Crippen LogP contribution >= 0.6 is 0 Å². The molecule has 1 N–H and O–H groups in total. The van der Waals surface area contributed by atoms with E-state index in [0.29, 0.717) is 32.5 Å². The van der Waals surface area contributed by atoms with E-state index >= 15 is 0 Å². The van der Waals surface area contributed by atoms with Crippen LogP contribution in [0.4, 0.5) is 4.79 Å². The van der Waals surface area contributed by atoms with Crippen LogP contribution < -0.4 is 5.32 Å². The van der Waals surface area contributed by atoms with Gasteiger partial charge < -0.3 is 19.7 Å². The number of methoxy groups -OCH3 is 1. The molecule has 0 aromatic carbocycles. The van der Waals surface area contributed by atoms with E-state index < -0.39 is 10.0 Å². The number of ether oxygens (including phenoxy) is 2. The number of nitrogens with one attached hydrogen (secondary N) is 1. The fraction of sp³-hybridized carbons (Fsp3) is 0.867. The summed E-state index contributed by atoms with van der Waals surface area (Å²) < 4.78 is 34.4. The standard InChI is InChI=1S/C15H29N3O6S/c1-4-24-15(20)17-8-5-13(6-9-17)16-14(19)7-10-18(11-12-23-2)25(3,21)22/h13H,4-12H2,1-3H3,(H,16,19). The summed E-state index contributed by atoms with van der Waals surface area (Å²) in [5, 5.41) is 2.90. The predicted molar refractivity (Wildman–Crippen MR) is 92.7 cm³/mol. The molecule has 1 aliphatic heterocycles. The van der Waals surface area contributed by atoms with Gasteiger partial charge in [-0.3, -0.25) is 4.79 Å². The lowest BCUT2D eigenvalue weighted by molar-refractivity contribution is -0.122. The monoisotopic (exact) mass is 379 g/mol. The highest BCUT2D eigenvalue weighted by atomic mass is 32.2. The Hall–Kier alpha value is -1.39. The second kappa shape index (κ2) is 10.6. The third-order valence-corrected chi connectivity index (χ3v) is 5.29. The van der Waals surface area contributed by atoms with Gasteiger partial charge >= 0.3 is 6.09 Å². The molecule has 25 heavy (non-hydrogen) atoms. The van der Waals surface area contributed by atoms with Crippen LogP contribution in [0.3, 0.4) is 0 Å². The number of rotatable bonds is 9. The van der Waals surface area contributed by atoms with Crippen molar-refractivity contribution in [2.45, 2.75) is 32.2 Å². The molecule has 0 aromatic heterocycles. The molecule has 0 bridgehead atoms. The molecule has 9 nitrogen and oxygen atoms in total. The molecule has 1 rings (SSSR count). The zero-order chi connectivity index (χ0) is 18.9. The summed E-state index contributed by atoms with van der Waals surface area (Å²) in [4.78, 5) is 25.3. The number of carbonyl (C=O) groups excluding carboxylic acids is 2. The lowest BCUT2D eigenvalue weighted by atomic mass is 10.1. The van der Waals surface area contributed by atoms with Gasteiger partial charge in [-0.15, -0.1) is 0 Å². The highest BCUT2D eigenvalue weighted by Crippen LogP contribution is 2.12. The van der Waals surface area contributed by atoms with Gasteiger partial charge in [-0.25, -0.2) is 13.2 Å². The number of sulfonamides is 1. The Morgan fingerprint density at radius 3 is 2.40 bits per heavy atom. The second-order valence-corrected chi connectivity index (χ2v) is 7.92. The van der Waals surface area contributed by atoms with E-state index in [-0.39, 0.29) is 44.2 Å². The maximum atomic E-state index is 12.1. The highest BCUT2D eigenvalue weighted by molar-refractivity contribution is 7.88. The normalized spacial score (nSPS) is 16.1. The van der Waals surface area contributed by atoms with Gasteiger partial charge in [0.25, 0.3) is 0 Å². The largest absolute Gasteiger partial charge is 0.450 e. The number of piperidine rings is 1. The van der Waals surface area contributed by atoms with E-state index in [0.717, 1.165) is 6.26 Å². The smallest absolute Gasteiger partial charge is 0.409 e. The Morgan fingerprint density at radius 2 is 1.88 bits per heavy atom. The maximum Gasteiger partial charge on any atom is 0.409 e. The third-order valence-electron chi connectivity index (χ3n) is 3.99. The summed E-state index contributed by atoms with van der Waals surface area (Å²) >= 11 is 0. The molecule has 0 unspecified atom stereocenters. The van der Waals surface area contributed by atoms with Crippen molar-refractivity contribution in [1.82, 2.24) is 14.5 Å². The van der Waals surface area contributed by atoms with Crippen LogP contribution in [0.25, 0.3) is 0 Å². The van der Waals surface area contributed by atoms with Gasteiger partial charge in [0.15, 0.2) is 0 Å². The van der Waals surface area contributed by atoms with Crippen LogP contribution in [0.15, 0.2) is 0 Å². The lowest BCUT2D eigenvalue weighted by Gasteiger charge is -2.31. The molecule has 1 aliphatic rings. The van der Waals surface area contributed by atoms with Gasteiger partial charge in [0.05, 0.1) is 19.5 Å². The number of nitrogens with zero attached hydrogens (tertiary/aromatic N) is 2. The third kappa shape index (κ3) is 8.02. The van der Waals surface area contributed by atoms with Crippen LogP contribution in [0, 0.1) is 0 Å². The molecule has 1 fully saturated rings. The van der Waals surface area contributed by atoms with E-state index in [1.807, 2.05) is 0 Å². The van der Waals surface area contributed by atoms with Gasteiger partial charge in [0.1, 0.15) is 0 Å². The average molecular weight is 379 g/mol. The van der Waals surface area contributed by atoms with Crippen molar-refractivity contribution >= 4 is 22.0 Å². The average Bonchev–Trinajstić information content (AvgIpc) is 2.54. The molecule has 2 amide bonds. The lowest BCUT2D eigenvalue weighted by Crippen LogP contribution is -2.47. The van der Waals surface area contributed by atoms with Crippen molar-refractivity contribution < 1.29 is 27.5 Å². The fourth-order valence-electron chi connectivity index (χ4n) is 2.58. The molecule has 146 valence electrons. The van der Waals surface area contributed by atoms with Crippen LogP contribution in [-0.2, 0) is 24.3 Å². The van der Waals surface area contributed by atoms with E-state index in [9.17, 15) is 18.0 Å². The molecule has 0 saturated carbocycles. The van der Waals surface area contributed by atoms with Gasteiger partial charge in [-0.2, -0.15) is 4.31 Å². The Balaban J connectivity index is 2.36. The molecule has 10 heteroatoms. The minimum atomic E-state index is -3.37. The maximum absolute atomic E-state index is 12.1. The topological polar surface area (TPSA) is 105 Å². The quantitative estimate of drug-likeness (QED) is 0.606. The first-order valence-corrected chi connectivity index (χ1v) is 10.3. The summed E-state index contributed by atoms with van der Waals surface area (Å²) in [6.45, 7) is 3.80. The first-order chi connectivity index (χ1) is 11.8. The SMILES string of the molecule is CCOC(=O)N1CCC(NC(=O)CCN(CCOC)S(C)(=O)=O)CC1. The molecule has 0 aliphatic carbocycles. The van der Waals surface area contributed by atoms with Crippen molar-refractivity contribution in [2.24, 2.45) is 0 Å². The first-order valence-electron chi connectivity index (χ1n) is 8.43. The van der Waals surface area contributed by atoms with Crippen molar-refractivity contribution in [1.29, 1.82) is 0 Å². The summed E-state index contributed by atoms with van der Waals surface area (Å²) in [5.41, 5.74) is 0. The Bertz CT molecular complexity index is 531. The molecule has 0 aromatic rings.